The molecule has 4 rings (SSSR count). The van der Waals surface area contributed by atoms with Crippen LogP contribution in [-0.4, -0.2) is 36.7 Å². The molecule has 1 N–H and O–H groups in total. The van der Waals surface area contributed by atoms with Crippen molar-refractivity contribution in [2.75, 3.05) is 12.5 Å². The molecular weight excluding hydrogens is 358 g/mol. The number of nitrogens with zero attached hydrogens (tertiary/aromatic N) is 2. The Balaban J connectivity index is 1.57. The van der Waals surface area contributed by atoms with Crippen molar-refractivity contribution in [1.29, 1.82) is 0 Å². The highest BCUT2D eigenvalue weighted by atomic mass is 32.2. The highest BCUT2D eigenvalue weighted by molar-refractivity contribution is 7.90. The Morgan fingerprint density at radius 2 is 2.08 bits per heavy atom. The van der Waals surface area contributed by atoms with Gasteiger partial charge < -0.3 is 14.8 Å². The quantitative estimate of drug-likeness (QED) is 0.860. The number of carbonyl (C=O) groups excluding carboxylic acids is 1. The second-order valence-electron chi connectivity index (χ2n) is 6.55. The van der Waals surface area contributed by atoms with E-state index in [0.29, 0.717) is 23.5 Å². The van der Waals surface area contributed by atoms with Crippen LogP contribution in [0.4, 0.5) is 0 Å². The summed E-state index contributed by atoms with van der Waals surface area (Å²) in [7, 11) is -1.46. The summed E-state index contributed by atoms with van der Waals surface area (Å²) in [5, 5.41) is 7.15. The maximum absolute atomic E-state index is 12.7. The Kier molecular flexibility index (Phi) is 3.91. The van der Waals surface area contributed by atoms with Gasteiger partial charge in [0.2, 0.25) is 6.79 Å². The molecule has 26 heavy (non-hydrogen) atoms. The summed E-state index contributed by atoms with van der Waals surface area (Å²) in [6.07, 6.45) is 0.381. The highest BCUT2D eigenvalue weighted by Gasteiger charge is 2.31. The minimum Gasteiger partial charge on any atom is -0.454 e. The minimum atomic E-state index is -3.19. The number of sulfone groups is 1. The summed E-state index contributed by atoms with van der Waals surface area (Å²) in [6, 6.07) is 5.19. The van der Waals surface area contributed by atoms with Gasteiger partial charge in [-0.2, -0.15) is 5.10 Å². The summed E-state index contributed by atoms with van der Waals surface area (Å²) in [5.41, 5.74) is 2.35. The maximum Gasteiger partial charge on any atom is 0.272 e. The smallest absolute Gasteiger partial charge is 0.272 e. The van der Waals surface area contributed by atoms with E-state index in [1.807, 2.05) is 19.1 Å². The molecule has 1 amide bonds. The lowest BCUT2D eigenvalue weighted by Crippen LogP contribution is -2.29. The van der Waals surface area contributed by atoms with Gasteiger partial charge in [0.1, 0.15) is 0 Å². The second kappa shape index (κ2) is 6.01. The molecule has 0 radical (unpaired) electrons. The number of aromatic nitrogens is 2. The fraction of sp³-hybridized carbons (Fsp3) is 0.412. The first-order valence-corrected chi connectivity index (χ1v) is 10.1. The number of aryl methyl sites for hydroxylation is 1. The number of hydrogen-bond donors (Lipinski definition) is 1. The Morgan fingerprint density at radius 1 is 1.31 bits per heavy atom. The van der Waals surface area contributed by atoms with Crippen LogP contribution in [0.25, 0.3) is 0 Å². The first kappa shape index (κ1) is 16.9. The van der Waals surface area contributed by atoms with Gasteiger partial charge in [0.15, 0.2) is 27.0 Å². The lowest BCUT2D eigenvalue weighted by molar-refractivity contribution is 0.0933. The number of rotatable bonds is 3. The van der Waals surface area contributed by atoms with Crippen molar-refractivity contribution in [2.45, 2.75) is 25.1 Å². The van der Waals surface area contributed by atoms with Gasteiger partial charge in [-0.05, 0) is 24.6 Å². The molecule has 1 aromatic carbocycles. The van der Waals surface area contributed by atoms with Gasteiger partial charge in [-0.15, -0.1) is 0 Å². The van der Waals surface area contributed by atoms with E-state index in [9.17, 15) is 13.2 Å². The van der Waals surface area contributed by atoms with E-state index in [1.165, 1.54) is 0 Å². The molecule has 0 spiro atoms. The Bertz CT molecular complexity index is 996. The average molecular weight is 377 g/mol. The number of carbonyl (C=O) groups is 1. The van der Waals surface area contributed by atoms with E-state index in [4.69, 9.17) is 9.47 Å². The zero-order valence-corrected chi connectivity index (χ0v) is 15.3. The third-order valence-electron chi connectivity index (χ3n) is 4.75. The predicted molar refractivity (Wildman–Crippen MR) is 92.8 cm³/mol. The van der Waals surface area contributed by atoms with Gasteiger partial charge >= 0.3 is 0 Å². The fourth-order valence-electron chi connectivity index (χ4n) is 3.32. The van der Waals surface area contributed by atoms with Crippen LogP contribution in [0.1, 0.15) is 40.3 Å². The van der Waals surface area contributed by atoms with E-state index in [1.54, 1.807) is 17.8 Å². The maximum atomic E-state index is 12.7. The van der Waals surface area contributed by atoms with Crippen molar-refractivity contribution >= 4 is 15.7 Å². The number of amides is 1. The van der Waals surface area contributed by atoms with Crippen LogP contribution in [0, 0.1) is 0 Å². The topological polar surface area (TPSA) is 99.5 Å². The van der Waals surface area contributed by atoms with Crippen LogP contribution in [0.15, 0.2) is 18.2 Å². The van der Waals surface area contributed by atoms with Gasteiger partial charge in [0.25, 0.3) is 5.91 Å². The van der Waals surface area contributed by atoms with E-state index in [-0.39, 0.29) is 35.9 Å². The van der Waals surface area contributed by atoms with Gasteiger partial charge in [-0.3, -0.25) is 9.48 Å². The van der Waals surface area contributed by atoms with Crippen molar-refractivity contribution in [2.24, 2.45) is 7.05 Å². The first-order chi connectivity index (χ1) is 12.3. The van der Waals surface area contributed by atoms with E-state index in [0.717, 1.165) is 11.3 Å². The third kappa shape index (κ3) is 2.92. The molecule has 2 aliphatic heterocycles. The molecule has 1 aromatic heterocycles. The summed E-state index contributed by atoms with van der Waals surface area (Å²) in [5.74, 6) is 0.885. The van der Waals surface area contributed by atoms with Crippen LogP contribution in [0.2, 0.25) is 0 Å². The molecule has 0 aliphatic carbocycles. The molecule has 0 saturated carbocycles. The SMILES string of the molecule is CC(NC(=O)c1nn(C)c2c1CS(=O)(=O)CC2)c1ccc2c(c1)OCO2. The van der Waals surface area contributed by atoms with Crippen LogP contribution in [0.5, 0.6) is 11.5 Å². The number of nitrogens with one attached hydrogen (secondary N) is 1. The molecule has 1 unspecified atom stereocenters. The number of benzene rings is 1. The molecule has 138 valence electrons. The number of hydrogen-bond acceptors (Lipinski definition) is 6. The van der Waals surface area contributed by atoms with E-state index in [2.05, 4.69) is 10.4 Å². The lowest BCUT2D eigenvalue weighted by Gasteiger charge is -2.16. The van der Waals surface area contributed by atoms with Crippen molar-refractivity contribution in [3.8, 4) is 11.5 Å². The third-order valence-corrected chi connectivity index (χ3v) is 6.30. The Labute approximate surface area is 151 Å². The van der Waals surface area contributed by atoms with Crippen molar-refractivity contribution in [1.82, 2.24) is 15.1 Å². The minimum absolute atomic E-state index is 0.0915. The summed E-state index contributed by atoms with van der Waals surface area (Å²) < 4.78 is 36.2. The van der Waals surface area contributed by atoms with Gasteiger partial charge in [-0.1, -0.05) is 6.07 Å². The molecule has 0 fully saturated rings. The molecule has 2 aromatic rings. The van der Waals surface area contributed by atoms with Crippen LogP contribution >= 0.6 is 0 Å². The second-order valence-corrected chi connectivity index (χ2v) is 8.73. The molecule has 3 heterocycles. The van der Waals surface area contributed by atoms with Gasteiger partial charge in [0, 0.05) is 24.7 Å². The summed E-state index contributed by atoms with van der Waals surface area (Å²) >= 11 is 0. The van der Waals surface area contributed by atoms with Crippen LogP contribution in [0.3, 0.4) is 0 Å². The van der Waals surface area contributed by atoms with Crippen molar-refractivity contribution in [3.63, 3.8) is 0 Å². The Hall–Kier alpha value is -2.55. The first-order valence-electron chi connectivity index (χ1n) is 8.29. The molecule has 8 nitrogen and oxygen atoms in total. The molecule has 1 atom stereocenters. The van der Waals surface area contributed by atoms with Crippen molar-refractivity contribution < 1.29 is 22.7 Å². The summed E-state index contributed by atoms with van der Waals surface area (Å²) in [4.78, 5) is 12.7. The standard InChI is InChI=1S/C17H19N3O5S/c1-10(11-3-4-14-15(7-11)25-9-24-14)18-17(21)16-12-8-26(22,23)6-5-13(12)20(2)19-16/h3-4,7,10H,5-6,8-9H2,1-2H3,(H,18,21). The van der Waals surface area contributed by atoms with E-state index >= 15 is 0 Å². The van der Waals surface area contributed by atoms with Crippen molar-refractivity contribution in [3.05, 3.63) is 40.7 Å². The molecular formula is C17H19N3O5S. The van der Waals surface area contributed by atoms with Gasteiger partial charge in [0.05, 0.1) is 17.5 Å². The Morgan fingerprint density at radius 3 is 2.88 bits per heavy atom. The number of ether oxygens (including phenoxy) is 2. The highest BCUT2D eigenvalue weighted by Crippen LogP contribution is 2.34. The largest absolute Gasteiger partial charge is 0.454 e. The molecule has 0 saturated heterocycles. The lowest BCUT2D eigenvalue weighted by atomic mass is 10.1. The fourth-order valence-corrected chi connectivity index (χ4v) is 4.72. The zero-order valence-electron chi connectivity index (χ0n) is 14.5. The van der Waals surface area contributed by atoms with Crippen LogP contribution < -0.4 is 14.8 Å². The number of fused-ring (bicyclic) bond motifs is 2. The average Bonchev–Trinajstić information content (AvgIpc) is 3.17. The monoisotopic (exact) mass is 377 g/mol. The predicted octanol–water partition coefficient (Wildman–Crippen LogP) is 1.11. The van der Waals surface area contributed by atoms with Crippen LogP contribution in [-0.2, 0) is 29.1 Å². The zero-order chi connectivity index (χ0) is 18.5. The molecule has 9 heteroatoms. The normalized spacial score (nSPS) is 18.2. The molecule has 2 aliphatic rings. The van der Waals surface area contributed by atoms with E-state index < -0.39 is 9.84 Å². The van der Waals surface area contributed by atoms with Gasteiger partial charge in [-0.25, -0.2) is 8.42 Å². The summed E-state index contributed by atoms with van der Waals surface area (Å²) in [6.45, 7) is 2.04. The molecule has 0 bridgehead atoms.